The first kappa shape index (κ1) is 13.9. The van der Waals surface area contributed by atoms with Gasteiger partial charge in [-0.15, -0.1) is 0 Å². The number of unbranched alkanes of at least 4 members (excludes halogenated alkanes) is 6. The lowest BCUT2D eigenvalue weighted by Crippen LogP contribution is -2.18. The van der Waals surface area contributed by atoms with Gasteiger partial charge in [-0.25, -0.2) is 4.39 Å². The van der Waals surface area contributed by atoms with Gasteiger partial charge >= 0.3 is 0 Å². The molecule has 0 fully saturated rings. The highest BCUT2D eigenvalue weighted by Crippen LogP contribution is 2.07. The number of aromatic nitrogens is 1. The summed E-state index contributed by atoms with van der Waals surface area (Å²) in [5, 5.41) is 0. The molecule has 1 heterocycles. The second-order valence-electron chi connectivity index (χ2n) is 4.50. The molecule has 96 valence electrons. The molecule has 0 aliphatic heterocycles. The molecule has 0 aliphatic carbocycles. The molecule has 0 amide bonds. The van der Waals surface area contributed by atoms with Crippen molar-refractivity contribution in [1.29, 1.82) is 0 Å². The van der Waals surface area contributed by atoms with Crippen LogP contribution in [0.2, 0.25) is 0 Å². The summed E-state index contributed by atoms with van der Waals surface area (Å²) in [6.45, 7) is 2.83. The Labute approximate surface area is 102 Å². The van der Waals surface area contributed by atoms with Crippen molar-refractivity contribution >= 4 is 0 Å². The van der Waals surface area contributed by atoms with Crippen molar-refractivity contribution in [3.8, 4) is 0 Å². The van der Waals surface area contributed by atoms with Gasteiger partial charge in [0.25, 0.3) is 5.56 Å². The van der Waals surface area contributed by atoms with Crippen LogP contribution in [0.15, 0.2) is 23.1 Å². The molecule has 0 saturated carbocycles. The van der Waals surface area contributed by atoms with Crippen LogP contribution in [0.1, 0.15) is 51.9 Å². The van der Waals surface area contributed by atoms with E-state index >= 15 is 0 Å². The molecule has 0 bridgehead atoms. The largest absolute Gasteiger partial charge is 0.313 e. The van der Waals surface area contributed by atoms with Crippen LogP contribution >= 0.6 is 0 Å². The van der Waals surface area contributed by atoms with Crippen LogP contribution in [0.25, 0.3) is 0 Å². The molecule has 1 rings (SSSR count). The molecular weight excluding hydrogens is 217 g/mol. The van der Waals surface area contributed by atoms with Crippen LogP contribution in [-0.4, -0.2) is 4.57 Å². The van der Waals surface area contributed by atoms with Crippen molar-refractivity contribution in [3.05, 3.63) is 34.5 Å². The Morgan fingerprint density at radius 3 is 2.41 bits per heavy atom. The van der Waals surface area contributed by atoms with Crippen LogP contribution in [0.3, 0.4) is 0 Å². The topological polar surface area (TPSA) is 22.0 Å². The quantitative estimate of drug-likeness (QED) is 0.633. The highest BCUT2D eigenvalue weighted by Gasteiger charge is 1.98. The number of pyridine rings is 1. The van der Waals surface area contributed by atoms with E-state index in [0.29, 0.717) is 6.54 Å². The SMILES string of the molecule is CCCCCCCCCn1cc(F)ccc1=O. The van der Waals surface area contributed by atoms with Crippen molar-refractivity contribution in [2.45, 2.75) is 58.4 Å². The second-order valence-corrected chi connectivity index (χ2v) is 4.50. The van der Waals surface area contributed by atoms with E-state index in [1.54, 1.807) is 0 Å². The van der Waals surface area contributed by atoms with Gasteiger partial charge in [-0.2, -0.15) is 0 Å². The Morgan fingerprint density at radius 1 is 1.06 bits per heavy atom. The molecule has 0 N–H and O–H groups in total. The van der Waals surface area contributed by atoms with Crippen molar-refractivity contribution in [2.24, 2.45) is 0 Å². The Morgan fingerprint density at radius 2 is 1.71 bits per heavy atom. The summed E-state index contributed by atoms with van der Waals surface area (Å²) in [6, 6.07) is 2.50. The zero-order valence-electron chi connectivity index (χ0n) is 10.6. The van der Waals surface area contributed by atoms with Crippen molar-refractivity contribution in [2.75, 3.05) is 0 Å². The van der Waals surface area contributed by atoms with Crippen molar-refractivity contribution in [1.82, 2.24) is 4.57 Å². The number of halogens is 1. The van der Waals surface area contributed by atoms with Crippen LogP contribution in [0.5, 0.6) is 0 Å². The molecule has 0 aromatic carbocycles. The summed E-state index contributed by atoms with van der Waals surface area (Å²) in [4.78, 5) is 11.4. The predicted octanol–water partition coefficient (Wildman–Crippen LogP) is 3.74. The highest BCUT2D eigenvalue weighted by molar-refractivity contribution is 4.96. The van der Waals surface area contributed by atoms with Crippen LogP contribution < -0.4 is 5.56 Å². The molecule has 0 spiro atoms. The van der Waals surface area contributed by atoms with Crippen LogP contribution in [0, 0.1) is 5.82 Å². The number of hydrogen-bond acceptors (Lipinski definition) is 1. The maximum Gasteiger partial charge on any atom is 0.250 e. The summed E-state index contributed by atoms with van der Waals surface area (Å²) in [5.74, 6) is -0.340. The van der Waals surface area contributed by atoms with Gasteiger partial charge in [-0.3, -0.25) is 4.79 Å². The fourth-order valence-electron chi connectivity index (χ4n) is 1.92. The summed E-state index contributed by atoms with van der Waals surface area (Å²) < 4.78 is 14.4. The first-order valence-electron chi connectivity index (χ1n) is 6.60. The average molecular weight is 239 g/mol. The maximum absolute atomic E-state index is 12.9. The molecule has 0 aliphatic rings. The fraction of sp³-hybridized carbons (Fsp3) is 0.643. The number of rotatable bonds is 8. The number of hydrogen-bond donors (Lipinski definition) is 0. The predicted molar refractivity (Wildman–Crippen MR) is 68.7 cm³/mol. The first-order chi connectivity index (χ1) is 8.24. The van der Waals surface area contributed by atoms with Gasteiger partial charge in [0.1, 0.15) is 5.82 Å². The zero-order valence-corrected chi connectivity index (χ0v) is 10.6. The van der Waals surface area contributed by atoms with E-state index in [1.807, 2.05) is 0 Å². The van der Waals surface area contributed by atoms with Crippen molar-refractivity contribution in [3.63, 3.8) is 0 Å². The molecular formula is C14H22FNO. The minimum atomic E-state index is -0.340. The molecule has 3 heteroatoms. The molecule has 1 aromatic rings. The summed E-state index contributed by atoms with van der Waals surface area (Å²) in [6.07, 6.45) is 9.72. The van der Waals surface area contributed by atoms with E-state index in [-0.39, 0.29) is 11.4 Å². The van der Waals surface area contributed by atoms with Crippen LogP contribution in [-0.2, 0) is 6.54 Å². The molecule has 0 unspecified atom stereocenters. The van der Waals surface area contributed by atoms with E-state index < -0.39 is 0 Å². The third kappa shape index (κ3) is 5.66. The Kier molecular flexibility index (Phi) is 6.60. The van der Waals surface area contributed by atoms with Gasteiger partial charge in [-0.05, 0) is 12.5 Å². The molecule has 17 heavy (non-hydrogen) atoms. The summed E-state index contributed by atoms with van der Waals surface area (Å²) in [5.41, 5.74) is -0.114. The Hall–Kier alpha value is -1.12. The van der Waals surface area contributed by atoms with Gasteiger partial charge in [-0.1, -0.05) is 45.4 Å². The Bertz CT molecular complexity index is 373. The average Bonchev–Trinajstić information content (AvgIpc) is 2.32. The van der Waals surface area contributed by atoms with E-state index in [9.17, 15) is 9.18 Å². The smallest absolute Gasteiger partial charge is 0.250 e. The lowest BCUT2D eigenvalue weighted by Gasteiger charge is -2.05. The summed E-state index contributed by atoms with van der Waals surface area (Å²) in [7, 11) is 0. The molecule has 1 aromatic heterocycles. The maximum atomic E-state index is 12.9. The molecule has 0 atom stereocenters. The Balaban J connectivity index is 2.18. The van der Waals surface area contributed by atoms with E-state index in [1.165, 1.54) is 55.0 Å². The van der Waals surface area contributed by atoms with Gasteiger partial charge in [0, 0.05) is 18.8 Å². The van der Waals surface area contributed by atoms with Crippen molar-refractivity contribution < 1.29 is 4.39 Å². The molecule has 0 saturated heterocycles. The molecule has 0 radical (unpaired) electrons. The number of nitrogens with zero attached hydrogens (tertiary/aromatic N) is 1. The minimum absolute atomic E-state index is 0.114. The minimum Gasteiger partial charge on any atom is -0.313 e. The monoisotopic (exact) mass is 239 g/mol. The van der Waals surface area contributed by atoms with E-state index in [2.05, 4.69) is 6.92 Å². The van der Waals surface area contributed by atoms with Gasteiger partial charge in [0.2, 0.25) is 0 Å². The van der Waals surface area contributed by atoms with Gasteiger partial charge in [0.15, 0.2) is 0 Å². The zero-order chi connectivity index (χ0) is 12.5. The lowest BCUT2D eigenvalue weighted by molar-refractivity contribution is 0.527. The first-order valence-corrected chi connectivity index (χ1v) is 6.60. The highest BCUT2D eigenvalue weighted by atomic mass is 19.1. The standard InChI is InChI=1S/C14H22FNO/c1-2-3-4-5-6-7-8-11-16-12-13(15)9-10-14(16)17/h9-10,12H,2-8,11H2,1H3. The summed E-state index contributed by atoms with van der Waals surface area (Å²) >= 11 is 0. The third-order valence-corrected chi connectivity index (χ3v) is 2.95. The molecule has 2 nitrogen and oxygen atoms in total. The number of aryl methyl sites for hydroxylation is 1. The van der Waals surface area contributed by atoms with Gasteiger partial charge in [0.05, 0.1) is 0 Å². The van der Waals surface area contributed by atoms with E-state index in [4.69, 9.17) is 0 Å². The fourth-order valence-corrected chi connectivity index (χ4v) is 1.92. The third-order valence-electron chi connectivity index (χ3n) is 2.95. The van der Waals surface area contributed by atoms with Crippen LogP contribution in [0.4, 0.5) is 4.39 Å². The normalized spacial score (nSPS) is 10.7. The lowest BCUT2D eigenvalue weighted by atomic mass is 10.1. The van der Waals surface area contributed by atoms with E-state index in [0.717, 1.165) is 12.8 Å². The second kappa shape index (κ2) is 8.04. The van der Waals surface area contributed by atoms with Gasteiger partial charge < -0.3 is 4.57 Å².